The summed E-state index contributed by atoms with van der Waals surface area (Å²) < 4.78 is 5.65. The molecule has 2 heterocycles. The third-order valence-corrected chi connectivity index (χ3v) is 4.18. The van der Waals surface area contributed by atoms with Crippen LogP contribution in [0.4, 0.5) is 5.95 Å². The van der Waals surface area contributed by atoms with Gasteiger partial charge in [-0.25, -0.2) is 9.97 Å². The van der Waals surface area contributed by atoms with Crippen molar-refractivity contribution in [2.45, 2.75) is 39.3 Å². The second-order valence-electron chi connectivity index (χ2n) is 7.02. The molecule has 1 N–H and O–H groups in total. The molecular formula is C17H24N4O. The Labute approximate surface area is 131 Å². The van der Waals surface area contributed by atoms with E-state index in [9.17, 15) is 0 Å². The third-order valence-electron chi connectivity index (χ3n) is 4.18. The average Bonchev–Trinajstić information content (AvgIpc) is 2.91. The summed E-state index contributed by atoms with van der Waals surface area (Å²) in [5.74, 6) is 1.86. The highest BCUT2D eigenvalue weighted by Gasteiger charge is 2.33. The number of nitrogens with one attached hydrogen (secondary N) is 1. The lowest BCUT2D eigenvalue weighted by Gasteiger charge is -2.34. The highest BCUT2D eigenvalue weighted by atomic mass is 16.3. The van der Waals surface area contributed by atoms with E-state index in [1.807, 2.05) is 31.3 Å². The maximum atomic E-state index is 5.65. The summed E-state index contributed by atoms with van der Waals surface area (Å²) in [6.07, 6.45) is 5.72. The highest BCUT2D eigenvalue weighted by Crippen LogP contribution is 2.41. The SMILES string of the molecule is CN(C)c1nccc(CNC2CC(C)(C)Cc3occc32)n1. The Bertz CT molecular complexity index is 648. The first kappa shape index (κ1) is 15.0. The van der Waals surface area contributed by atoms with Crippen LogP contribution in [-0.4, -0.2) is 24.1 Å². The van der Waals surface area contributed by atoms with E-state index >= 15 is 0 Å². The molecule has 0 bridgehead atoms. The lowest BCUT2D eigenvalue weighted by atomic mass is 9.75. The van der Waals surface area contributed by atoms with Crippen molar-refractivity contribution in [2.24, 2.45) is 5.41 Å². The summed E-state index contributed by atoms with van der Waals surface area (Å²) >= 11 is 0. The maximum absolute atomic E-state index is 5.65. The highest BCUT2D eigenvalue weighted by molar-refractivity contribution is 5.28. The van der Waals surface area contributed by atoms with Crippen molar-refractivity contribution in [3.8, 4) is 0 Å². The number of furan rings is 1. The van der Waals surface area contributed by atoms with Crippen molar-refractivity contribution in [3.05, 3.63) is 41.6 Å². The summed E-state index contributed by atoms with van der Waals surface area (Å²) in [5.41, 5.74) is 2.55. The van der Waals surface area contributed by atoms with Gasteiger partial charge in [0.1, 0.15) is 5.76 Å². The van der Waals surface area contributed by atoms with Crippen LogP contribution in [0, 0.1) is 5.41 Å². The standard InChI is InChI=1S/C17H24N4O/c1-17(2)9-14(13-6-8-22-15(13)10-17)19-11-12-5-7-18-16(20-12)21(3)4/h5-8,14,19H,9-11H2,1-4H3. The quantitative estimate of drug-likeness (QED) is 0.941. The van der Waals surface area contributed by atoms with Crippen molar-refractivity contribution >= 4 is 5.95 Å². The molecule has 1 unspecified atom stereocenters. The van der Waals surface area contributed by atoms with Crippen molar-refractivity contribution in [2.75, 3.05) is 19.0 Å². The number of rotatable bonds is 4. The van der Waals surface area contributed by atoms with Crippen LogP contribution in [0.15, 0.2) is 29.0 Å². The first-order valence-corrected chi connectivity index (χ1v) is 7.73. The molecular weight excluding hydrogens is 276 g/mol. The van der Waals surface area contributed by atoms with Gasteiger partial charge in [0.05, 0.1) is 12.0 Å². The minimum absolute atomic E-state index is 0.253. The van der Waals surface area contributed by atoms with Gasteiger partial charge in [0.15, 0.2) is 0 Å². The molecule has 0 aliphatic heterocycles. The van der Waals surface area contributed by atoms with Gasteiger partial charge in [-0.3, -0.25) is 0 Å². The van der Waals surface area contributed by atoms with E-state index in [-0.39, 0.29) is 5.41 Å². The fraction of sp³-hybridized carbons (Fsp3) is 0.529. The Kier molecular flexibility index (Phi) is 3.91. The van der Waals surface area contributed by atoms with Gasteiger partial charge in [0.25, 0.3) is 0 Å². The van der Waals surface area contributed by atoms with Crippen LogP contribution < -0.4 is 10.2 Å². The fourth-order valence-electron chi connectivity index (χ4n) is 3.08. The molecule has 0 spiro atoms. The molecule has 0 saturated carbocycles. The summed E-state index contributed by atoms with van der Waals surface area (Å²) in [6, 6.07) is 4.37. The van der Waals surface area contributed by atoms with Gasteiger partial charge >= 0.3 is 0 Å². The summed E-state index contributed by atoms with van der Waals surface area (Å²) in [4.78, 5) is 10.7. The van der Waals surface area contributed by atoms with Crippen molar-refractivity contribution in [3.63, 3.8) is 0 Å². The van der Waals surface area contributed by atoms with E-state index in [0.29, 0.717) is 6.04 Å². The van der Waals surface area contributed by atoms with Crippen LogP contribution in [0.2, 0.25) is 0 Å². The molecule has 0 amide bonds. The Balaban J connectivity index is 1.73. The molecule has 5 nitrogen and oxygen atoms in total. The summed E-state index contributed by atoms with van der Waals surface area (Å²) in [6.45, 7) is 5.32. The van der Waals surface area contributed by atoms with E-state index in [2.05, 4.69) is 35.2 Å². The fourth-order valence-corrected chi connectivity index (χ4v) is 3.08. The normalized spacial score (nSPS) is 19.7. The van der Waals surface area contributed by atoms with E-state index in [1.165, 1.54) is 5.56 Å². The number of anilines is 1. The van der Waals surface area contributed by atoms with E-state index < -0.39 is 0 Å². The van der Waals surface area contributed by atoms with Crippen LogP contribution in [-0.2, 0) is 13.0 Å². The van der Waals surface area contributed by atoms with Gasteiger partial charge < -0.3 is 14.6 Å². The zero-order valence-electron chi connectivity index (χ0n) is 13.8. The Morgan fingerprint density at radius 2 is 2.18 bits per heavy atom. The summed E-state index contributed by atoms with van der Waals surface area (Å²) in [7, 11) is 3.90. The van der Waals surface area contributed by atoms with Gasteiger partial charge in [-0.1, -0.05) is 13.8 Å². The number of aromatic nitrogens is 2. The Morgan fingerprint density at radius 1 is 1.36 bits per heavy atom. The largest absolute Gasteiger partial charge is 0.469 e. The van der Waals surface area contributed by atoms with Crippen LogP contribution in [0.3, 0.4) is 0 Å². The predicted molar refractivity (Wildman–Crippen MR) is 86.7 cm³/mol. The van der Waals surface area contributed by atoms with Crippen LogP contribution in [0.25, 0.3) is 0 Å². The van der Waals surface area contributed by atoms with Crippen LogP contribution in [0.5, 0.6) is 0 Å². The lowest BCUT2D eigenvalue weighted by molar-refractivity contribution is 0.234. The van der Waals surface area contributed by atoms with Crippen molar-refractivity contribution in [1.82, 2.24) is 15.3 Å². The van der Waals surface area contributed by atoms with Gasteiger partial charge in [-0.15, -0.1) is 0 Å². The number of hydrogen-bond acceptors (Lipinski definition) is 5. The first-order chi connectivity index (χ1) is 10.4. The smallest absolute Gasteiger partial charge is 0.225 e. The molecule has 5 heteroatoms. The molecule has 2 aromatic heterocycles. The number of hydrogen-bond donors (Lipinski definition) is 1. The van der Waals surface area contributed by atoms with Crippen LogP contribution >= 0.6 is 0 Å². The van der Waals surface area contributed by atoms with E-state index in [0.717, 1.165) is 36.8 Å². The minimum Gasteiger partial charge on any atom is -0.469 e. The molecule has 118 valence electrons. The molecule has 0 radical (unpaired) electrons. The molecule has 0 saturated heterocycles. The Morgan fingerprint density at radius 3 is 2.95 bits per heavy atom. The zero-order chi connectivity index (χ0) is 15.7. The second-order valence-corrected chi connectivity index (χ2v) is 7.02. The Hall–Kier alpha value is -1.88. The third kappa shape index (κ3) is 3.14. The van der Waals surface area contributed by atoms with Gasteiger partial charge in [0.2, 0.25) is 5.95 Å². The molecule has 22 heavy (non-hydrogen) atoms. The molecule has 0 fully saturated rings. The zero-order valence-corrected chi connectivity index (χ0v) is 13.8. The van der Waals surface area contributed by atoms with E-state index in [4.69, 9.17) is 4.42 Å². The lowest BCUT2D eigenvalue weighted by Crippen LogP contribution is -2.32. The maximum Gasteiger partial charge on any atom is 0.225 e. The number of nitrogens with zero attached hydrogens (tertiary/aromatic N) is 3. The first-order valence-electron chi connectivity index (χ1n) is 7.73. The van der Waals surface area contributed by atoms with Crippen molar-refractivity contribution in [1.29, 1.82) is 0 Å². The second kappa shape index (κ2) is 5.72. The monoisotopic (exact) mass is 300 g/mol. The molecule has 0 aromatic carbocycles. The van der Waals surface area contributed by atoms with E-state index in [1.54, 1.807) is 6.26 Å². The summed E-state index contributed by atoms with van der Waals surface area (Å²) in [5, 5.41) is 3.63. The van der Waals surface area contributed by atoms with Gasteiger partial charge in [-0.05, 0) is 24.0 Å². The molecule has 1 atom stereocenters. The van der Waals surface area contributed by atoms with Crippen molar-refractivity contribution < 1.29 is 4.42 Å². The average molecular weight is 300 g/mol. The number of fused-ring (bicyclic) bond motifs is 1. The van der Waals surface area contributed by atoms with Gasteiger partial charge in [-0.2, -0.15) is 0 Å². The molecule has 2 aromatic rings. The van der Waals surface area contributed by atoms with Gasteiger partial charge in [0, 0.05) is 44.9 Å². The molecule has 1 aliphatic carbocycles. The molecule has 3 rings (SSSR count). The molecule has 1 aliphatic rings. The minimum atomic E-state index is 0.253. The predicted octanol–water partition coefficient (Wildman–Crippen LogP) is 2.94. The topological polar surface area (TPSA) is 54.2 Å². The van der Waals surface area contributed by atoms with Crippen LogP contribution in [0.1, 0.15) is 43.3 Å².